The summed E-state index contributed by atoms with van der Waals surface area (Å²) in [6.45, 7) is 5.92. The smallest absolute Gasteiger partial charge is 0.270 e. The van der Waals surface area contributed by atoms with Gasteiger partial charge in [0.2, 0.25) is 0 Å². The lowest BCUT2D eigenvalue weighted by Crippen LogP contribution is -2.46. The van der Waals surface area contributed by atoms with E-state index in [1.54, 1.807) is 22.9 Å². The minimum absolute atomic E-state index is 0.0279. The fraction of sp³-hybridized carbons (Fsp3) is 0.353. The summed E-state index contributed by atoms with van der Waals surface area (Å²) < 4.78 is 8.74. The van der Waals surface area contributed by atoms with Crippen molar-refractivity contribution in [2.75, 3.05) is 0 Å². The molecule has 25 heavy (non-hydrogen) atoms. The molecule has 132 valence electrons. The number of nitrogens with zero attached hydrogens (tertiary/aromatic N) is 2. The van der Waals surface area contributed by atoms with Crippen LogP contribution in [0.25, 0.3) is 0 Å². The van der Waals surface area contributed by atoms with E-state index in [0.29, 0.717) is 15.8 Å². The van der Waals surface area contributed by atoms with E-state index in [-0.39, 0.29) is 17.4 Å². The predicted octanol–water partition coefficient (Wildman–Crippen LogP) is 4.68. The van der Waals surface area contributed by atoms with Gasteiger partial charge in [-0.1, -0.05) is 13.8 Å². The number of ether oxygens (including phenoxy) is 1. The normalized spacial score (nSPS) is 21.3. The lowest BCUT2D eigenvalue weighted by Gasteiger charge is -2.45. The predicted molar refractivity (Wildman–Crippen MR) is 101 cm³/mol. The summed E-state index contributed by atoms with van der Waals surface area (Å²) in [7, 11) is 0. The van der Waals surface area contributed by atoms with Crippen molar-refractivity contribution in [1.82, 2.24) is 4.57 Å². The SMILES string of the molecule is CC1Oc2ccc([N+](=O)[O-])cc2C(n2cc(Br)cc(Br)c2=O)C1(C)C. The van der Waals surface area contributed by atoms with Crippen LogP contribution < -0.4 is 10.3 Å². The maximum atomic E-state index is 12.8. The van der Waals surface area contributed by atoms with Crippen LogP contribution in [0.15, 0.2) is 44.2 Å². The number of nitro benzene ring substituents is 1. The number of aromatic nitrogens is 1. The molecule has 0 amide bonds. The van der Waals surface area contributed by atoms with Crippen molar-refractivity contribution < 1.29 is 9.66 Å². The van der Waals surface area contributed by atoms with E-state index in [1.165, 1.54) is 12.1 Å². The van der Waals surface area contributed by atoms with Gasteiger partial charge in [-0.3, -0.25) is 14.9 Å². The monoisotopic (exact) mass is 470 g/mol. The molecular formula is C17H16Br2N2O4. The number of hydrogen-bond donors (Lipinski definition) is 0. The number of pyridine rings is 1. The molecule has 1 aromatic carbocycles. The van der Waals surface area contributed by atoms with Crippen LogP contribution in [0, 0.1) is 15.5 Å². The van der Waals surface area contributed by atoms with Crippen LogP contribution in [-0.4, -0.2) is 15.6 Å². The molecule has 1 aliphatic heterocycles. The Bertz CT molecular complexity index is 923. The van der Waals surface area contributed by atoms with Gasteiger partial charge in [-0.25, -0.2) is 0 Å². The maximum absolute atomic E-state index is 12.8. The Balaban J connectivity index is 2.33. The lowest BCUT2D eigenvalue weighted by molar-refractivity contribution is -0.385. The third kappa shape index (κ3) is 3.01. The summed E-state index contributed by atoms with van der Waals surface area (Å²) in [5.74, 6) is 0.561. The van der Waals surface area contributed by atoms with Crippen LogP contribution in [0.2, 0.25) is 0 Å². The molecule has 2 unspecified atom stereocenters. The molecule has 0 saturated carbocycles. The first-order valence-corrected chi connectivity index (χ1v) is 9.23. The maximum Gasteiger partial charge on any atom is 0.270 e. The van der Waals surface area contributed by atoms with Gasteiger partial charge in [0.15, 0.2) is 0 Å². The third-order valence-electron chi connectivity index (χ3n) is 4.80. The molecule has 2 heterocycles. The molecule has 2 atom stereocenters. The van der Waals surface area contributed by atoms with E-state index < -0.39 is 16.4 Å². The van der Waals surface area contributed by atoms with Gasteiger partial charge in [0.1, 0.15) is 11.9 Å². The third-order valence-corrected chi connectivity index (χ3v) is 5.80. The van der Waals surface area contributed by atoms with Crippen LogP contribution in [0.3, 0.4) is 0 Å². The first-order valence-electron chi connectivity index (χ1n) is 7.65. The molecule has 0 bridgehead atoms. The summed E-state index contributed by atoms with van der Waals surface area (Å²) >= 11 is 6.71. The van der Waals surface area contributed by atoms with Crippen LogP contribution in [0.5, 0.6) is 5.75 Å². The second kappa shape index (κ2) is 6.25. The standard InChI is InChI=1S/C17H16Br2N2O4/c1-9-17(2,3)15(20-8-10(18)6-13(19)16(20)22)12-7-11(21(23)24)4-5-14(12)25-9/h4-9,15H,1-3H3. The first kappa shape index (κ1) is 18.1. The minimum atomic E-state index is -0.466. The van der Waals surface area contributed by atoms with E-state index in [2.05, 4.69) is 31.9 Å². The average Bonchev–Trinajstić information content (AvgIpc) is 2.52. The van der Waals surface area contributed by atoms with E-state index in [4.69, 9.17) is 4.74 Å². The Hall–Kier alpha value is -1.67. The number of rotatable bonds is 2. The second-order valence-electron chi connectivity index (χ2n) is 6.68. The zero-order chi connectivity index (χ0) is 18.5. The first-order chi connectivity index (χ1) is 11.6. The molecule has 1 aliphatic rings. The Morgan fingerprint density at radius 3 is 2.60 bits per heavy atom. The van der Waals surface area contributed by atoms with E-state index in [0.717, 1.165) is 4.47 Å². The molecule has 0 aliphatic carbocycles. The number of halogens is 2. The quantitative estimate of drug-likeness (QED) is 0.470. The van der Waals surface area contributed by atoms with Crippen molar-refractivity contribution in [3.8, 4) is 5.75 Å². The van der Waals surface area contributed by atoms with Gasteiger partial charge in [-0.05, 0) is 50.9 Å². The molecule has 1 aromatic heterocycles. The van der Waals surface area contributed by atoms with Crippen LogP contribution in [-0.2, 0) is 0 Å². The molecule has 3 rings (SSSR count). The molecule has 6 nitrogen and oxygen atoms in total. The van der Waals surface area contributed by atoms with Crippen molar-refractivity contribution in [1.29, 1.82) is 0 Å². The largest absolute Gasteiger partial charge is 0.490 e. The molecule has 0 spiro atoms. The zero-order valence-corrected chi connectivity index (χ0v) is 17.0. The van der Waals surface area contributed by atoms with Gasteiger partial charge in [0, 0.05) is 33.8 Å². The highest BCUT2D eigenvalue weighted by molar-refractivity contribution is 9.11. The lowest BCUT2D eigenvalue weighted by atomic mass is 9.74. The highest BCUT2D eigenvalue weighted by Gasteiger charge is 2.45. The van der Waals surface area contributed by atoms with Crippen molar-refractivity contribution in [2.24, 2.45) is 5.41 Å². The Labute approximate surface area is 161 Å². The van der Waals surface area contributed by atoms with Gasteiger partial charge in [0.05, 0.1) is 15.4 Å². The molecule has 0 N–H and O–H groups in total. The van der Waals surface area contributed by atoms with Gasteiger partial charge in [-0.2, -0.15) is 0 Å². The summed E-state index contributed by atoms with van der Waals surface area (Å²) in [5, 5.41) is 11.2. The Morgan fingerprint density at radius 1 is 1.28 bits per heavy atom. The van der Waals surface area contributed by atoms with Gasteiger partial charge in [0.25, 0.3) is 11.2 Å². The molecule has 0 radical (unpaired) electrons. The van der Waals surface area contributed by atoms with Gasteiger partial charge >= 0.3 is 0 Å². The summed E-state index contributed by atoms with van der Waals surface area (Å²) in [6.07, 6.45) is 1.52. The minimum Gasteiger partial charge on any atom is -0.490 e. The molecular weight excluding hydrogens is 456 g/mol. The van der Waals surface area contributed by atoms with E-state index in [1.807, 2.05) is 20.8 Å². The van der Waals surface area contributed by atoms with Crippen molar-refractivity contribution in [3.63, 3.8) is 0 Å². The topological polar surface area (TPSA) is 74.4 Å². The van der Waals surface area contributed by atoms with Crippen molar-refractivity contribution in [2.45, 2.75) is 32.9 Å². The molecule has 0 fully saturated rings. The van der Waals surface area contributed by atoms with Crippen LogP contribution >= 0.6 is 31.9 Å². The molecule has 2 aromatic rings. The zero-order valence-electron chi connectivity index (χ0n) is 13.8. The van der Waals surface area contributed by atoms with Gasteiger partial charge in [-0.15, -0.1) is 0 Å². The molecule has 0 saturated heterocycles. The Kier molecular flexibility index (Phi) is 4.53. The summed E-state index contributed by atoms with van der Waals surface area (Å²) in [5.41, 5.74) is -0.0659. The Morgan fingerprint density at radius 2 is 1.96 bits per heavy atom. The highest BCUT2D eigenvalue weighted by atomic mass is 79.9. The number of nitro groups is 1. The highest BCUT2D eigenvalue weighted by Crippen LogP contribution is 2.49. The second-order valence-corrected chi connectivity index (χ2v) is 8.45. The fourth-order valence-corrected chi connectivity index (χ4v) is 4.38. The van der Waals surface area contributed by atoms with E-state index in [9.17, 15) is 14.9 Å². The van der Waals surface area contributed by atoms with Crippen LogP contribution in [0.1, 0.15) is 32.4 Å². The van der Waals surface area contributed by atoms with Crippen LogP contribution in [0.4, 0.5) is 5.69 Å². The summed E-state index contributed by atoms with van der Waals surface area (Å²) in [4.78, 5) is 23.5. The molecule has 8 heteroatoms. The fourth-order valence-electron chi connectivity index (χ4n) is 3.17. The number of fused-ring (bicyclic) bond motifs is 1. The number of benzene rings is 1. The van der Waals surface area contributed by atoms with Gasteiger partial charge < -0.3 is 9.30 Å². The van der Waals surface area contributed by atoms with Crippen molar-refractivity contribution in [3.05, 3.63) is 65.4 Å². The average molecular weight is 472 g/mol. The summed E-state index contributed by atoms with van der Waals surface area (Å²) in [6, 6.07) is 5.79. The van der Waals surface area contributed by atoms with Crippen molar-refractivity contribution >= 4 is 37.5 Å². The number of hydrogen-bond acceptors (Lipinski definition) is 4. The number of non-ortho nitro benzene ring substituents is 1. The van der Waals surface area contributed by atoms with E-state index >= 15 is 0 Å².